The van der Waals surface area contributed by atoms with Crippen LogP contribution in [0, 0.1) is 0 Å². The molecule has 120 valence electrons. The lowest BCUT2D eigenvalue weighted by atomic mass is 10.1. The van der Waals surface area contributed by atoms with Crippen LogP contribution < -0.4 is 0 Å². The topological polar surface area (TPSA) is 115 Å². The van der Waals surface area contributed by atoms with Crippen LogP contribution in [0.5, 0.6) is 0 Å². The molecular formula is C12H27O6P2+. The van der Waals surface area contributed by atoms with Crippen molar-refractivity contribution in [2.45, 2.75) is 64.7 Å². The van der Waals surface area contributed by atoms with Gasteiger partial charge in [0.25, 0.3) is 0 Å². The first-order valence-electron chi connectivity index (χ1n) is 6.87. The van der Waals surface area contributed by atoms with Crippen LogP contribution in [0.3, 0.4) is 0 Å². The van der Waals surface area contributed by atoms with Gasteiger partial charge in [-0.2, -0.15) is 0 Å². The Morgan fingerprint density at radius 2 is 1.35 bits per heavy atom. The maximum atomic E-state index is 10.5. The molecule has 0 aromatic heterocycles. The summed E-state index contributed by atoms with van der Waals surface area (Å²) in [7, 11) is -6.79. The second kappa shape index (κ2) is 15.3. The van der Waals surface area contributed by atoms with E-state index in [9.17, 15) is 4.57 Å². The van der Waals surface area contributed by atoms with Gasteiger partial charge in [0.1, 0.15) is 0 Å². The summed E-state index contributed by atoms with van der Waals surface area (Å²) in [6.07, 6.45) is 12.4. The van der Waals surface area contributed by atoms with Gasteiger partial charge in [-0.15, -0.1) is 9.79 Å². The Morgan fingerprint density at radius 3 is 1.75 bits per heavy atom. The summed E-state index contributed by atoms with van der Waals surface area (Å²) >= 11 is 0. The van der Waals surface area contributed by atoms with E-state index in [1.54, 1.807) is 6.08 Å². The molecule has 0 atom stereocenters. The molecular weight excluding hydrogens is 302 g/mol. The molecule has 0 unspecified atom stereocenters. The Kier molecular flexibility index (Phi) is 17.0. The quantitative estimate of drug-likeness (QED) is 0.357. The Morgan fingerprint density at radius 1 is 0.950 bits per heavy atom. The summed E-state index contributed by atoms with van der Waals surface area (Å²) in [6.45, 7) is 2.22. The van der Waals surface area contributed by atoms with E-state index in [4.69, 9.17) is 24.1 Å². The van der Waals surface area contributed by atoms with Gasteiger partial charge in [0, 0.05) is 10.4 Å². The Hall–Kier alpha value is -0.0900. The molecule has 0 saturated heterocycles. The smallest absolute Gasteiger partial charge is 0.321 e. The van der Waals surface area contributed by atoms with E-state index in [2.05, 4.69) is 6.92 Å². The molecule has 0 rings (SSSR count). The maximum Gasteiger partial charge on any atom is 0.692 e. The summed E-state index contributed by atoms with van der Waals surface area (Å²) in [5.74, 6) is 1.01. The molecule has 0 radical (unpaired) electrons. The zero-order valence-corrected chi connectivity index (χ0v) is 13.8. The SMILES string of the molecule is CCCCCCCCCC/C=C/P(=O)(O)O.O=[P+](O)O. The summed E-state index contributed by atoms with van der Waals surface area (Å²) in [6, 6.07) is 0. The lowest BCUT2D eigenvalue weighted by Gasteiger charge is -2.00. The molecule has 0 aromatic carbocycles. The van der Waals surface area contributed by atoms with Crippen molar-refractivity contribution in [1.29, 1.82) is 0 Å². The van der Waals surface area contributed by atoms with E-state index < -0.39 is 15.9 Å². The predicted octanol–water partition coefficient (Wildman–Crippen LogP) is 3.84. The summed E-state index contributed by atoms with van der Waals surface area (Å²) in [5, 5.41) is 0. The molecule has 0 heterocycles. The van der Waals surface area contributed by atoms with Crippen LogP contribution in [-0.2, 0) is 9.13 Å². The summed E-state index contributed by atoms with van der Waals surface area (Å²) < 4.78 is 19.2. The van der Waals surface area contributed by atoms with E-state index in [-0.39, 0.29) is 0 Å². The van der Waals surface area contributed by atoms with Crippen LogP contribution in [0.25, 0.3) is 0 Å². The highest BCUT2D eigenvalue weighted by Gasteiger charge is 2.03. The van der Waals surface area contributed by atoms with Crippen molar-refractivity contribution in [2.24, 2.45) is 0 Å². The van der Waals surface area contributed by atoms with E-state index >= 15 is 0 Å². The zero-order valence-electron chi connectivity index (χ0n) is 12.0. The summed E-state index contributed by atoms with van der Waals surface area (Å²) in [5.41, 5.74) is 0. The van der Waals surface area contributed by atoms with Gasteiger partial charge in [-0.05, 0) is 12.8 Å². The van der Waals surface area contributed by atoms with E-state index in [1.807, 2.05) is 0 Å². The summed E-state index contributed by atoms with van der Waals surface area (Å²) in [4.78, 5) is 31.4. The van der Waals surface area contributed by atoms with Crippen LogP contribution in [0.4, 0.5) is 0 Å². The number of allylic oxidation sites excluding steroid dienone is 1. The monoisotopic (exact) mass is 329 g/mol. The first kappa shape index (κ1) is 22.2. The standard InChI is InChI=1S/C12H25O3P.HO3P/c1-2-3-4-5-6-7-8-9-10-11-12-16(13,14)15;1-4(2)3/h11-12H,2-10H2,1H3,(H2,13,14,15);(H-,1,2,3)/p+1/b12-11+;. The van der Waals surface area contributed by atoms with Crippen LogP contribution in [-0.4, -0.2) is 19.6 Å². The zero-order chi connectivity index (χ0) is 15.9. The van der Waals surface area contributed by atoms with E-state index in [0.29, 0.717) is 0 Å². The number of rotatable bonds is 10. The fraction of sp³-hybridized carbons (Fsp3) is 0.833. The minimum absolute atomic E-state index is 0.778. The molecule has 0 aromatic rings. The molecule has 0 aliphatic carbocycles. The highest BCUT2D eigenvalue weighted by molar-refractivity contribution is 7.55. The van der Waals surface area contributed by atoms with Gasteiger partial charge in [0.05, 0.1) is 0 Å². The lowest BCUT2D eigenvalue weighted by Crippen LogP contribution is -1.80. The average molecular weight is 329 g/mol. The first-order chi connectivity index (χ1) is 9.29. The van der Waals surface area contributed by atoms with Crippen molar-refractivity contribution in [2.75, 3.05) is 0 Å². The van der Waals surface area contributed by atoms with Gasteiger partial charge in [0.2, 0.25) is 0 Å². The third kappa shape index (κ3) is 30.7. The Balaban J connectivity index is 0. The maximum absolute atomic E-state index is 10.5. The molecule has 0 saturated carbocycles. The molecule has 0 spiro atoms. The number of hydrogen-bond acceptors (Lipinski definition) is 2. The normalized spacial score (nSPS) is 11.2. The predicted molar refractivity (Wildman–Crippen MR) is 80.5 cm³/mol. The third-order valence-corrected chi connectivity index (χ3v) is 3.12. The molecule has 6 nitrogen and oxygen atoms in total. The fourth-order valence-corrected chi connectivity index (χ4v) is 2.03. The van der Waals surface area contributed by atoms with Crippen LogP contribution in [0.15, 0.2) is 11.9 Å². The average Bonchev–Trinajstić information content (AvgIpc) is 2.29. The molecule has 0 amide bonds. The number of unbranched alkanes of at least 4 members (excludes halogenated alkanes) is 8. The molecule has 20 heavy (non-hydrogen) atoms. The molecule has 0 aliphatic heterocycles. The van der Waals surface area contributed by atoms with Crippen LogP contribution in [0.2, 0.25) is 0 Å². The highest BCUT2D eigenvalue weighted by Crippen LogP contribution is 2.36. The van der Waals surface area contributed by atoms with Crippen molar-refractivity contribution in [3.63, 3.8) is 0 Å². The Bertz CT molecular complexity index is 296. The van der Waals surface area contributed by atoms with Gasteiger partial charge in [-0.3, -0.25) is 4.57 Å². The van der Waals surface area contributed by atoms with Gasteiger partial charge in [0.15, 0.2) is 0 Å². The van der Waals surface area contributed by atoms with Crippen molar-refractivity contribution in [1.82, 2.24) is 0 Å². The van der Waals surface area contributed by atoms with Crippen molar-refractivity contribution in [3.8, 4) is 0 Å². The van der Waals surface area contributed by atoms with Crippen LogP contribution >= 0.6 is 15.9 Å². The minimum Gasteiger partial charge on any atom is -0.321 e. The lowest BCUT2D eigenvalue weighted by molar-refractivity contribution is 0.385. The minimum atomic E-state index is -3.92. The van der Waals surface area contributed by atoms with Gasteiger partial charge in [-0.1, -0.05) is 57.9 Å². The van der Waals surface area contributed by atoms with E-state index in [1.165, 1.54) is 38.5 Å². The second-order valence-corrected chi connectivity index (χ2v) is 6.47. The molecule has 0 bridgehead atoms. The third-order valence-electron chi connectivity index (χ3n) is 2.52. The van der Waals surface area contributed by atoms with Crippen molar-refractivity contribution >= 4 is 15.9 Å². The molecule has 0 aliphatic rings. The van der Waals surface area contributed by atoms with Gasteiger partial charge >= 0.3 is 15.9 Å². The Labute approximate surface area is 122 Å². The molecule has 8 heteroatoms. The second-order valence-electron chi connectivity index (χ2n) is 4.49. The van der Waals surface area contributed by atoms with Gasteiger partial charge < -0.3 is 9.79 Å². The molecule has 0 fully saturated rings. The van der Waals surface area contributed by atoms with E-state index in [0.717, 1.165) is 25.1 Å². The fourth-order valence-electron chi connectivity index (χ4n) is 1.61. The van der Waals surface area contributed by atoms with Crippen molar-refractivity contribution < 1.29 is 28.7 Å². The highest BCUT2D eigenvalue weighted by atomic mass is 31.2. The van der Waals surface area contributed by atoms with Gasteiger partial charge in [-0.25, -0.2) is 0 Å². The van der Waals surface area contributed by atoms with Crippen molar-refractivity contribution in [3.05, 3.63) is 11.9 Å². The number of hydrogen-bond donors (Lipinski definition) is 4. The van der Waals surface area contributed by atoms with Crippen LogP contribution in [0.1, 0.15) is 64.7 Å². The first-order valence-corrected chi connectivity index (χ1v) is 9.72. The largest absolute Gasteiger partial charge is 0.692 e. The molecule has 4 N–H and O–H groups in total.